The lowest BCUT2D eigenvalue weighted by Crippen LogP contribution is -2.63. The summed E-state index contributed by atoms with van der Waals surface area (Å²) in [5, 5.41) is 16.6. The predicted octanol–water partition coefficient (Wildman–Crippen LogP) is 3.31. The van der Waals surface area contributed by atoms with Crippen molar-refractivity contribution in [1.29, 1.82) is 0 Å². The molecule has 3 rings (SSSR count). The van der Waals surface area contributed by atoms with Crippen molar-refractivity contribution >= 4 is 35.6 Å². The number of likely N-dealkylation sites (tertiary alicyclic amines) is 1. The largest absolute Gasteiger partial charge is 0.480 e. The van der Waals surface area contributed by atoms with Crippen molar-refractivity contribution in [3.05, 3.63) is 0 Å². The van der Waals surface area contributed by atoms with Gasteiger partial charge >= 0.3 is 12.1 Å². The van der Waals surface area contributed by atoms with Gasteiger partial charge in [-0.1, -0.05) is 58.8 Å². The van der Waals surface area contributed by atoms with Crippen LogP contribution in [0.25, 0.3) is 0 Å². The first-order chi connectivity index (χ1) is 20.9. The highest BCUT2D eigenvalue weighted by molar-refractivity contribution is 6.38. The van der Waals surface area contributed by atoms with Crippen molar-refractivity contribution < 1.29 is 38.6 Å². The van der Waals surface area contributed by atoms with Crippen LogP contribution in [0.5, 0.6) is 0 Å². The zero-order valence-electron chi connectivity index (χ0n) is 26.8. The van der Waals surface area contributed by atoms with Crippen LogP contribution in [0.3, 0.4) is 0 Å². The molecular weight excluding hydrogens is 568 g/mol. The minimum Gasteiger partial charge on any atom is -0.480 e. The quantitative estimate of drug-likeness (QED) is 0.227. The third-order valence-electron chi connectivity index (χ3n) is 9.70. The molecule has 3 aliphatic rings. The summed E-state index contributed by atoms with van der Waals surface area (Å²) < 4.78 is 5.66. The van der Waals surface area contributed by atoms with E-state index in [2.05, 4.69) is 16.0 Å². The molecule has 4 N–H and O–H groups in total. The van der Waals surface area contributed by atoms with Crippen LogP contribution < -0.4 is 16.0 Å². The Kier molecular flexibility index (Phi) is 13.0. The Morgan fingerprint density at radius 3 is 2.16 bits per heavy atom. The van der Waals surface area contributed by atoms with E-state index in [9.17, 15) is 28.8 Å². The minimum absolute atomic E-state index is 0.0892. The molecule has 12 heteroatoms. The van der Waals surface area contributed by atoms with Gasteiger partial charge in [0.1, 0.15) is 24.2 Å². The van der Waals surface area contributed by atoms with Crippen LogP contribution in [0, 0.1) is 17.8 Å². The number of rotatable bonds is 13. The molecule has 0 aromatic heterocycles. The summed E-state index contributed by atoms with van der Waals surface area (Å²) in [5.41, 5.74) is -0.704. The van der Waals surface area contributed by atoms with E-state index in [1.54, 1.807) is 4.90 Å². The SMILES string of the molecule is CCCC(NC(=O)[C@@H]1C[C@@H]2CCCC[C@@H]2CN1C(=O)[C@@H](NC(=O)OC(C)(C)CC)C1CCCCC1)C(=O)C(=O)NCC(=O)O. The van der Waals surface area contributed by atoms with Gasteiger partial charge < -0.3 is 30.7 Å². The van der Waals surface area contributed by atoms with E-state index in [4.69, 9.17) is 9.84 Å². The lowest BCUT2D eigenvalue weighted by atomic mass is 9.72. The summed E-state index contributed by atoms with van der Waals surface area (Å²) >= 11 is 0. The van der Waals surface area contributed by atoms with Gasteiger partial charge in [0.2, 0.25) is 17.6 Å². The maximum absolute atomic E-state index is 14.4. The minimum atomic E-state index is -1.29. The highest BCUT2D eigenvalue weighted by atomic mass is 16.6. The van der Waals surface area contributed by atoms with Crippen LogP contribution >= 0.6 is 0 Å². The summed E-state index contributed by atoms with van der Waals surface area (Å²) in [6.45, 7) is 7.03. The predicted molar refractivity (Wildman–Crippen MR) is 162 cm³/mol. The second kappa shape index (κ2) is 16.2. The van der Waals surface area contributed by atoms with Crippen LogP contribution in [0.1, 0.15) is 111 Å². The van der Waals surface area contributed by atoms with E-state index < -0.39 is 59.9 Å². The van der Waals surface area contributed by atoms with Crippen LogP contribution in [-0.4, -0.2) is 82.4 Å². The normalized spacial score (nSPS) is 23.8. The van der Waals surface area contributed by atoms with Crippen molar-refractivity contribution in [3.63, 3.8) is 0 Å². The lowest BCUT2D eigenvalue weighted by Gasteiger charge is -2.47. The number of carbonyl (C=O) groups is 6. The molecule has 1 heterocycles. The number of ketones is 1. The van der Waals surface area contributed by atoms with Gasteiger partial charge in [0.05, 0.1) is 6.04 Å². The highest BCUT2D eigenvalue weighted by Gasteiger charge is 2.46. The molecule has 3 fully saturated rings. The fourth-order valence-electron chi connectivity index (χ4n) is 6.85. The Balaban J connectivity index is 1.87. The number of carbonyl (C=O) groups excluding carboxylic acids is 5. The van der Waals surface area contributed by atoms with E-state index in [-0.39, 0.29) is 30.1 Å². The van der Waals surface area contributed by atoms with Crippen molar-refractivity contribution in [2.45, 2.75) is 135 Å². The molecule has 1 aliphatic heterocycles. The molecule has 5 atom stereocenters. The van der Waals surface area contributed by atoms with Gasteiger partial charge in [-0.05, 0) is 70.1 Å². The van der Waals surface area contributed by atoms with Gasteiger partial charge in [0, 0.05) is 6.54 Å². The zero-order valence-corrected chi connectivity index (χ0v) is 26.8. The lowest BCUT2D eigenvalue weighted by molar-refractivity contribution is -0.150. The third kappa shape index (κ3) is 9.66. The Morgan fingerprint density at radius 1 is 0.909 bits per heavy atom. The topological polar surface area (TPSA) is 171 Å². The van der Waals surface area contributed by atoms with E-state index >= 15 is 0 Å². The number of nitrogens with one attached hydrogen (secondary N) is 3. The van der Waals surface area contributed by atoms with Crippen LogP contribution in [-0.2, 0) is 28.7 Å². The van der Waals surface area contributed by atoms with Crippen LogP contribution in [0.15, 0.2) is 0 Å². The fraction of sp³-hybridized carbons (Fsp3) is 0.812. The number of hydrogen-bond acceptors (Lipinski definition) is 7. The molecule has 1 unspecified atom stereocenters. The summed E-state index contributed by atoms with van der Waals surface area (Å²) in [5.74, 6) is -3.72. The first-order valence-electron chi connectivity index (χ1n) is 16.5. The van der Waals surface area contributed by atoms with E-state index in [0.29, 0.717) is 25.8 Å². The van der Waals surface area contributed by atoms with Gasteiger partial charge in [0.25, 0.3) is 5.91 Å². The number of alkyl carbamates (subject to hydrolysis) is 1. The molecular formula is C32H52N4O8. The van der Waals surface area contributed by atoms with Crippen molar-refractivity contribution in [2.75, 3.05) is 13.1 Å². The first kappa shape index (κ1) is 35.3. The Morgan fingerprint density at radius 2 is 1.55 bits per heavy atom. The number of nitrogens with zero attached hydrogens (tertiary/aromatic N) is 1. The molecule has 0 spiro atoms. The number of piperidine rings is 1. The molecule has 248 valence electrons. The van der Waals surface area contributed by atoms with Crippen molar-refractivity contribution in [2.24, 2.45) is 17.8 Å². The average molecular weight is 621 g/mol. The van der Waals surface area contributed by atoms with Crippen LogP contribution in [0.4, 0.5) is 4.79 Å². The monoisotopic (exact) mass is 620 g/mol. The molecule has 2 saturated carbocycles. The van der Waals surface area contributed by atoms with Gasteiger partial charge in [-0.25, -0.2) is 4.79 Å². The second-order valence-corrected chi connectivity index (χ2v) is 13.4. The highest BCUT2D eigenvalue weighted by Crippen LogP contribution is 2.39. The fourth-order valence-corrected chi connectivity index (χ4v) is 6.85. The van der Waals surface area contributed by atoms with E-state index in [1.807, 2.05) is 27.7 Å². The van der Waals surface area contributed by atoms with Gasteiger partial charge in [-0.2, -0.15) is 0 Å². The maximum Gasteiger partial charge on any atom is 0.408 e. The number of Topliss-reactive ketones (excluding diaryl/α,β-unsaturated/α-hetero) is 1. The molecule has 12 nitrogen and oxygen atoms in total. The van der Waals surface area contributed by atoms with Gasteiger partial charge in [0.15, 0.2) is 0 Å². The number of carboxylic acid groups (broad SMARTS) is 1. The molecule has 1 saturated heterocycles. The van der Waals surface area contributed by atoms with Crippen LogP contribution in [0.2, 0.25) is 0 Å². The molecule has 0 radical (unpaired) electrons. The molecule has 0 bridgehead atoms. The number of carboxylic acids is 1. The van der Waals surface area contributed by atoms with E-state index in [0.717, 1.165) is 57.8 Å². The smallest absolute Gasteiger partial charge is 0.408 e. The Hall–Kier alpha value is -3.18. The van der Waals surface area contributed by atoms with Crippen molar-refractivity contribution in [1.82, 2.24) is 20.9 Å². The number of hydrogen-bond donors (Lipinski definition) is 4. The third-order valence-corrected chi connectivity index (χ3v) is 9.70. The average Bonchev–Trinajstić information content (AvgIpc) is 3.01. The van der Waals surface area contributed by atoms with Gasteiger partial charge in [-0.15, -0.1) is 0 Å². The number of amides is 4. The summed E-state index contributed by atoms with van der Waals surface area (Å²) in [7, 11) is 0. The summed E-state index contributed by atoms with van der Waals surface area (Å²) in [6, 6.07) is -2.87. The first-order valence-corrected chi connectivity index (χ1v) is 16.5. The Labute approximate surface area is 260 Å². The molecule has 4 amide bonds. The Bertz CT molecular complexity index is 1060. The molecule has 2 aliphatic carbocycles. The number of ether oxygens (including phenoxy) is 1. The summed E-state index contributed by atoms with van der Waals surface area (Å²) in [6.07, 6.45) is 9.60. The van der Waals surface area contributed by atoms with Crippen molar-refractivity contribution in [3.8, 4) is 0 Å². The standard InChI is InChI=1S/C32H52N4O8/c1-5-12-23(27(39)29(41)33-18-25(37)38)34-28(40)24-17-21-15-10-11-16-22(21)19-36(24)30(42)26(20-13-8-7-9-14-20)35-31(43)44-32(3,4)6-2/h20-24,26H,5-19H2,1-4H3,(H,33,41)(H,34,40)(H,35,43)(H,37,38)/t21-,22+,23?,24-,26-/m0/s1. The van der Waals surface area contributed by atoms with E-state index in [1.165, 1.54) is 0 Å². The summed E-state index contributed by atoms with van der Waals surface area (Å²) in [4.78, 5) is 79.2. The van der Waals surface area contributed by atoms with Gasteiger partial charge in [-0.3, -0.25) is 24.0 Å². The number of aliphatic carboxylic acids is 1. The maximum atomic E-state index is 14.4. The molecule has 44 heavy (non-hydrogen) atoms. The molecule has 0 aromatic carbocycles. The molecule has 0 aromatic rings. The second-order valence-electron chi connectivity index (χ2n) is 13.4. The number of fused-ring (bicyclic) bond motifs is 1. The zero-order chi connectivity index (χ0) is 32.4.